The number of ether oxygens (including phenoxy) is 1. The summed E-state index contributed by atoms with van der Waals surface area (Å²) in [7, 11) is 0. The number of alkyl halides is 2. The van der Waals surface area contributed by atoms with Crippen LogP contribution in [0.25, 0.3) is 0 Å². The smallest absolute Gasteiger partial charge is 0.387 e. The SMILES string of the molecule is CC1CC(CN)CN1C(=O)c1cccc(OC(F)F)c1.Cl. The summed E-state index contributed by atoms with van der Waals surface area (Å²) in [4.78, 5) is 14.1. The quantitative estimate of drug-likeness (QED) is 0.927. The maximum atomic E-state index is 12.4. The van der Waals surface area contributed by atoms with Crippen molar-refractivity contribution in [1.82, 2.24) is 4.90 Å². The zero-order valence-corrected chi connectivity index (χ0v) is 12.5. The molecule has 0 saturated carbocycles. The number of hydrogen-bond donors (Lipinski definition) is 1. The summed E-state index contributed by atoms with van der Waals surface area (Å²) in [6.45, 7) is 0.222. The van der Waals surface area contributed by atoms with E-state index >= 15 is 0 Å². The lowest BCUT2D eigenvalue weighted by Gasteiger charge is -2.21. The predicted molar refractivity (Wildman–Crippen MR) is 78.0 cm³/mol. The molecule has 118 valence electrons. The minimum atomic E-state index is -2.90. The van der Waals surface area contributed by atoms with Gasteiger partial charge in [-0.05, 0) is 44.0 Å². The van der Waals surface area contributed by atoms with Gasteiger partial charge in [0.2, 0.25) is 0 Å². The first-order valence-electron chi connectivity index (χ1n) is 6.57. The zero-order valence-electron chi connectivity index (χ0n) is 11.7. The molecule has 1 fully saturated rings. The minimum Gasteiger partial charge on any atom is -0.435 e. The first-order valence-corrected chi connectivity index (χ1v) is 6.57. The van der Waals surface area contributed by atoms with Gasteiger partial charge in [-0.15, -0.1) is 12.4 Å². The molecule has 0 bridgehead atoms. The first kappa shape index (κ1) is 17.7. The number of likely N-dealkylation sites (tertiary alicyclic amines) is 1. The summed E-state index contributed by atoms with van der Waals surface area (Å²) in [6.07, 6.45) is 0.871. The number of halogens is 3. The van der Waals surface area contributed by atoms with Crippen LogP contribution in [-0.4, -0.2) is 36.5 Å². The minimum absolute atomic E-state index is 0. The van der Waals surface area contributed by atoms with Crippen LogP contribution in [0.5, 0.6) is 5.75 Å². The third-order valence-corrected chi connectivity index (χ3v) is 3.56. The van der Waals surface area contributed by atoms with Gasteiger partial charge in [0, 0.05) is 18.2 Å². The first-order chi connectivity index (χ1) is 9.51. The standard InChI is InChI=1S/C14H18F2N2O2.ClH/c1-9-5-10(7-17)8-18(9)13(19)11-3-2-4-12(6-11)20-14(15)16;/h2-4,6,9-10,14H,5,7-8,17H2,1H3;1H. The van der Waals surface area contributed by atoms with Crippen LogP contribution in [0.1, 0.15) is 23.7 Å². The molecular formula is C14H19ClF2N2O2. The molecular weight excluding hydrogens is 302 g/mol. The zero-order chi connectivity index (χ0) is 14.7. The molecule has 2 atom stereocenters. The van der Waals surface area contributed by atoms with Gasteiger partial charge in [0.25, 0.3) is 5.91 Å². The van der Waals surface area contributed by atoms with Crippen LogP contribution >= 0.6 is 12.4 Å². The largest absolute Gasteiger partial charge is 0.435 e. The molecule has 0 spiro atoms. The van der Waals surface area contributed by atoms with Gasteiger partial charge in [0.15, 0.2) is 0 Å². The Bertz CT molecular complexity index is 488. The second-order valence-corrected chi connectivity index (χ2v) is 5.05. The van der Waals surface area contributed by atoms with Crippen molar-refractivity contribution in [2.24, 2.45) is 11.7 Å². The Hall–Kier alpha value is -1.40. The molecule has 21 heavy (non-hydrogen) atoms. The maximum Gasteiger partial charge on any atom is 0.387 e. The number of carbonyl (C=O) groups excluding carboxylic acids is 1. The highest BCUT2D eigenvalue weighted by molar-refractivity contribution is 5.95. The molecule has 1 aromatic carbocycles. The highest BCUT2D eigenvalue weighted by Gasteiger charge is 2.32. The predicted octanol–water partition coefficient (Wildman–Crippen LogP) is 2.52. The van der Waals surface area contributed by atoms with Crippen molar-refractivity contribution in [3.63, 3.8) is 0 Å². The van der Waals surface area contributed by atoms with Crippen molar-refractivity contribution in [2.75, 3.05) is 13.1 Å². The fraction of sp³-hybridized carbons (Fsp3) is 0.500. The third kappa shape index (κ3) is 4.28. The van der Waals surface area contributed by atoms with Gasteiger partial charge in [-0.3, -0.25) is 4.79 Å². The Morgan fingerprint density at radius 2 is 2.24 bits per heavy atom. The molecule has 1 aliphatic rings. The van der Waals surface area contributed by atoms with E-state index in [1.165, 1.54) is 18.2 Å². The highest BCUT2D eigenvalue weighted by atomic mass is 35.5. The van der Waals surface area contributed by atoms with Gasteiger partial charge in [-0.25, -0.2) is 0 Å². The van der Waals surface area contributed by atoms with Crippen molar-refractivity contribution in [1.29, 1.82) is 0 Å². The lowest BCUT2D eigenvalue weighted by atomic mass is 10.1. The molecule has 0 radical (unpaired) electrons. The van der Waals surface area contributed by atoms with Gasteiger partial charge in [-0.2, -0.15) is 8.78 Å². The molecule has 1 aliphatic heterocycles. The van der Waals surface area contributed by atoms with Crippen LogP contribution in [0.4, 0.5) is 8.78 Å². The van der Waals surface area contributed by atoms with E-state index in [0.717, 1.165) is 6.42 Å². The number of nitrogens with zero attached hydrogens (tertiary/aromatic N) is 1. The summed E-state index contributed by atoms with van der Waals surface area (Å²) in [5, 5.41) is 0. The van der Waals surface area contributed by atoms with E-state index < -0.39 is 6.61 Å². The molecule has 2 N–H and O–H groups in total. The van der Waals surface area contributed by atoms with Crippen LogP contribution in [0.2, 0.25) is 0 Å². The average Bonchev–Trinajstić information content (AvgIpc) is 2.79. The van der Waals surface area contributed by atoms with Gasteiger partial charge < -0.3 is 15.4 Å². The Balaban J connectivity index is 0.00000220. The van der Waals surface area contributed by atoms with Gasteiger partial charge >= 0.3 is 6.61 Å². The van der Waals surface area contributed by atoms with Gasteiger partial charge in [0.05, 0.1) is 0 Å². The molecule has 1 aromatic rings. The molecule has 2 rings (SSSR count). The van der Waals surface area contributed by atoms with E-state index in [2.05, 4.69) is 4.74 Å². The topological polar surface area (TPSA) is 55.6 Å². The van der Waals surface area contributed by atoms with Crippen LogP contribution in [0, 0.1) is 5.92 Å². The van der Waals surface area contributed by atoms with Crippen LogP contribution in [-0.2, 0) is 0 Å². The number of benzene rings is 1. The average molecular weight is 321 g/mol. The number of carbonyl (C=O) groups is 1. The Morgan fingerprint density at radius 3 is 2.81 bits per heavy atom. The molecule has 4 nitrogen and oxygen atoms in total. The van der Waals surface area contributed by atoms with Crippen molar-refractivity contribution in [3.05, 3.63) is 29.8 Å². The maximum absolute atomic E-state index is 12.4. The summed E-state index contributed by atoms with van der Waals surface area (Å²) in [5.74, 6) is 0.121. The molecule has 1 heterocycles. The molecule has 0 aliphatic carbocycles. The van der Waals surface area contributed by atoms with E-state index in [4.69, 9.17) is 5.73 Å². The van der Waals surface area contributed by atoms with E-state index in [9.17, 15) is 13.6 Å². The lowest BCUT2D eigenvalue weighted by molar-refractivity contribution is -0.0499. The Kier molecular flexibility index (Phi) is 6.36. The van der Waals surface area contributed by atoms with Crippen LogP contribution in [0.3, 0.4) is 0 Å². The lowest BCUT2D eigenvalue weighted by Crippen LogP contribution is -2.34. The van der Waals surface area contributed by atoms with Gasteiger partial charge in [-0.1, -0.05) is 6.07 Å². The van der Waals surface area contributed by atoms with Crippen molar-refractivity contribution < 1.29 is 18.3 Å². The Labute approximate surface area is 128 Å². The highest BCUT2D eigenvalue weighted by Crippen LogP contribution is 2.25. The molecule has 0 aromatic heterocycles. The monoisotopic (exact) mass is 320 g/mol. The molecule has 1 amide bonds. The molecule has 7 heteroatoms. The number of rotatable bonds is 4. The van der Waals surface area contributed by atoms with Crippen LogP contribution in [0.15, 0.2) is 24.3 Å². The van der Waals surface area contributed by atoms with Crippen molar-refractivity contribution in [2.45, 2.75) is 26.0 Å². The number of hydrogen-bond acceptors (Lipinski definition) is 3. The van der Waals surface area contributed by atoms with Gasteiger partial charge in [0.1, 0.15) is 5.75 Å². The second-order valence-electron chi connectivity index (χ2n) is 5.05. The molecule has 1 saturated heterocycles. The van der Waals surface area contributed by atoms with E-state index in [1.807, 2.05) is 6.92 Å². The number of amides is 1. The van der Waals surface area contributed by atoms with Crippen molar-refractivity contribution >= 4 is 18.3 Å². The fourth-order valence-electron chi connectivity index (χ4n) is 2.57. The second kappa shape index (κ2) is 7.56. The summed E-state index contributed by atoms with van der Waals surface area (Å²) in [6, 6.07) is 5.99. The summed E-state index contributed by atoms with van der Waals surface area (Å²) >= 11 is 0. The fourth-order valence-corrected chi connectivity index (χ4v) is 2.57. The van der Waals surface area contributed by atoms with Crippen molar-refractivity contribution in [3.8, 4) is 5.75 Å². The summed E-state index contributed by atoms with van der Waals surface area (Å²) < 4.78 is 28.7. The van der Waals surface area contributed by atoms with E-state index in [1.54, 1.807) is 11.0 Å². The molecule has 2 unspecified atom stereocenters. The summed E-state index contributed by atoms with van der Waals surface area (Å²) in [5.41, 5.74) is 5.99. The third-order valence-electron chi connectivity index (χ3n) is 3.56. The van der Waals surface area contributed by atoms with E-state index in [0.29, 0.717) is 24.6 Å². The van der Waals surface area contributed by atoms with E-state index in [-0.39, 0.29) is 30.1 Å². The Morgan fingerprint density at radius 1 is 1.52 bits per heavy atom. The van der Waals surface area contributed by atoms with Crippen LogP contribution < -0.4 is 10.5 Å². The normalized spacial score (nSPS) is 21.3. The number of nitrogens with two attached hydrogens (primary N) is 1.